The number of carbonyl (C=O) groups is 1. The van der Waals surface area contributed by atoms with Gasteiger partial charge >= 0.3 is 0 Å². The maximum atomic E-state index is 12.6. The normalized spacial score (nSPS) is 16.4. The SMILES string of the molecule is CCc1ccc(N[C@H]2NC(=O)/C(=C/c3cc(Br)c(OCc4ccc(Cl)cc4)c(OC)c3)S2)cc1. The molecule has 34 heavy (non-hydrogen) atoms. The third-order valence-corrected chi connectivity index (χ3v) is 7.11. The first-order chi connectivity index (χ1) is 16.4. The highest BCUT2D eigenvalue weighted by Crippen LogP contribution is 2.39. The average molecular weight is 560 g/mol. The topological polar surface area (TPSA) is 59.6 Å². The van der Waals surface area contributed by atoms with E-state index >= 15 is 0 Å². The maximum Gasteiger partial charge on any atom is 0.260 e. The van der Waals surface area contributed by atoms with Crippen LogP contribution in [0.1, 0.15) is 23.6 Å². The molecular formula is C26H24BrClN2O3S. The lowest BCUT2D eigenvalue weighted by Crippen LogP contribution is -2.30. The van der Waals surface area contributed by atoms with Crippen LogP contribution in [-0.2, 0) is 17.8 Å². The van der Waals surface area contributed by atoms with Crippen molar-refractivity contribution in [2.45, 2.75) is 25.4 Å². The van der Waals surface area contributed by atoms with Gasteiger partial charge < -0.3 is 20.1 Å². The summed E-state index contributed by atoms with van der Waals surface area (Å²) in [6.45, 7) is 2.50. The van der Waals surface area contributed by atoms with Crippen LogP contribution in [0.15, 0.2) is 70.0 Å². The van der Waals surface area contributed by atoms with Gasteiger partial charge in [0, 0.05) is 10.7 Å². The summed E-state index contributed by atoms with van der Waals surface area (Å²) in [4.78, 5) is 13.2. The lowest BCUT2D eigenvalue weighted by atomic mass is 10.1. The molecule has 176 valence electrons. The molecule has 4 rings (SSSR count). The zero-order chi connectivity index (χ0) is 24.1. The Morgan fingerprint density at radius 3 is 2.50 bits per heavy atom. The second-order valence-electron chi connectivity index (χ2n) is 7.62. The molecule has 0 aliphatic carbocycles. The van der Waals surface area contributed by atoms with E-state index in [1.165, 1.54) is 17.3 Å². The van der Waals surface area contributed by atoms with Crippen molar-refractivity contribution in [3.8, 4) is 11.5 Å². The van der Waals surface area contributed by atoms with Crippen LogP contribution in [0, 0.1) is 0 Å². The molecule has 1 atom stereocenters. The summed E-state index contributed by atoms with van der Waals surface area (Å²) < 4.78 is 12.3. The quantitative estimate of drug-likeness (QED) is 0.296. The van der Waals surface area contributed by atoms with Crippen LogP contribution in [-0.4, -0.2) is 18.5 Å². The second kappa shape index (κ2) is 11.2. The van der Waals surface area contributed by atoms with Crippen LogP contribution < -0.4 is 20.1 Å². The largest absolute Gasteiger partial charge is 0.493 e. The van der Waals surface area contributed by atoms with E-state index in [0.29, 0.717) is 28.0 Å². The van der Waals surface area contributed by atoms with Crippen LogP contribution in [0.4, 0.5) is 5.69 Å². The molecule has 0 saturated carbocycles. The molecule has 0 bridgehead atoms. The van der Waals surface area contributed by atoms with E-state index in [1.807, 2.05) is 54.6 Å². The molecule has 1 saturated heterocycles. The standard InChI is InChI=1S/C26H24BrClN2O3S/c1-3-16-6-10-20(11-7-16)29-26-30-25(31)23(34-26)14-18-12-21(27)24(22(13-18)32-2)33-15-17-4-8-19(28)9-5-17/h4-14,26,29H,3,15H2,1-2H3,(H,30,31)/b23-14-/t26-/m0/s1. The third kappa shape index (κ3) is 6.09. The maximum absolute atomic E-state index is 12.6. The zero-order valence-electron chi connectivity index (χ0n) is 18.7. The van der Waals surface area contributed by atoms with Crippen LogP contribution in [0.5, 0.6) is 11.5 Å². The van der Waals surface area contributed by atoms with E-state index in [0.717, 1.165) is 27.7 Å². The summed E-state index contributed by atoms with van der Waals surface area (Å²) in [5.74, 6) is 1.05. The molecular weight excluding hydrogens is 536 g/mol. The Hall–Kier alpha value is -2.61. The first-order valence-electron chi connectivity index (χ1n) is 10.7. The van der Waals surface area contributed by atoms with Gasteiger partial charge in [-0.05, 0) is 81.5 Å². The van der Waals surface area contributed by atoms with E-state index in [2.05, 4.69) is 45.6 Å². The smallest absolute Gasteiger partial charge is 0.260 e. The molecule has 0 aromatic heterocycles. The minimum absolute atomic E-state index is 0.120. The second-order valence-corrected chi connectivity index (χ2v) is 10.1. The summed E-state index contributed by atoms with van der Waals surface area (Å²) in [6.07, 6.45) is 2.84. The van der Waals surface area contributed by atoms with E-state index < -0.39 is 0 Å². The summed E-state index contributed by atoms with van der Waals surface area (Å²) >= 11 is 11.0. The van der Waals surface area contributed by atoms with Crippen molar-refractivity contribution in [1.29, 1.82) is 0 Å². The number of rotatable bonds is 8. The van der Waals surface area contributed by atoms with Gasteiger partial charge in [0.05, 0.1) is 16.5 Å². The van der Waals surface area contributed by atoms with Crippen molar-refractivity contribution in [3.63, 3.8) is 0 Å². The van der Waals surface area contributed by atoms with E-state index in [9.17, 15) is 4.79 Å². The molecule has 0 spiro atoms. The summed E-state index contributed by atoms with van der Waals surface area (Å²) in [6, 6.07) is 19.5. The fourth-order valence-corrected chi connectivity index (χ4v) is 5.09. The minimum atomic E-state index is -0.237. The van der Waals surface area contributed by atoms with Gasteiger partial charge in [-0.25, -0.2) is 0 Å². The van der Waals surface area contributed by atoms with Crippen LogP contribution in [0.3, 0.4) is 0 Å². The fraction of sp³-hybridized carbons (Fsp3) is 0.192. The Kier molecular flexibility index (Phi) is 8.08. The predicted molar refractivity (Wildman–Crippen MR) is 143 cm³/mol. The molecule has 1 fully saturated rings. The molecule has 3 aromatic carbocycles. The highest BCUT2D eigenvalue weighted by Gasteiger charge is 2.27. The highest BCUT2D eigenvalue weighted by atomic mass is 79.9. The number of hydrogen-bond donors (Lipinski definition) is 2. The van der Waals surface area contributed by atoms with Gasteiger partial charge in [-0.2, -0.15) is 0 Å². The first-order valence-corrected chi connectivity index (χ1v) is 12.8. The number of nitrogens with one attached hydrogen (secondary N) is 2. The molecule has 1 aliphatic heterocycles. The number of carbonyl (C=O) groups excluding carboxylic acids is 1. The number of aryl methyl sites for hydroxylation is 1. The lowest BCUT2D eigenvalue weighted by Gasteiger charge is -2.14. The number of benzene rings is 3. The summed E-state index contributed by atoms with van der Waals surface area (Å²) in [7, 11) is 1.59. The van der Waals surface area contributed by atoms with Gasteiger partial charge in [0.15, 0.2) is 17.0 Å². The average Bonchev–Trinajstić information content (AvgIpc) is 3.17. The van der Waals surface area contributed by atoms with E-state index in [-0.39, 0.29) is 11.4 Å². The van der Waals surface area contributed by atoms with Gasteiger partial charge in [0.2, 0.25) is 0 Å². The van der Waals surface area contributed by atoms with Crippen molar-refractivity contribution < 1.29 is 14.3 Å². The van der Waals surface area contributed by atoms with Crippen molar-refractivity contribution >= 4 is 57.0 Å². The van der Waals surface area contributed by atoms with Crippen molar-refractivity contribution in [1.82, 2.24) is 5.32 Å². The highest BCUT2D eigenvalue weighted by molar-refractivity contribution is 9.10. The molecule has 0 radical (unpaired) electrons. The van der Waals surface area contributed by atoms with Gasteiger partial charge in [-0.3, -0.25) is 4.79 Å². The van der Waals surface area contributed by atoms with Crippen LogP contribution in [0.2, 0.25) is 5.02 Å². The molecule has 1 heterocycles. The van der Waals surface area contributed by atoms with Crippen LogP contribution in [0.25, 0.3) is 6.08 Å². The van der Waals surface area contributed by atoms with Crippen molar-refractivity contribution in [2.75, 3.05) is 12.4 Å². The Morgan fingerprint density at radius 1 is 1.12 bits per heavy atom. The molecule has 1 amide bonds. The van der Waals surface area contributed by atoms with Crippen molar-refractivity contribution in [3.05, 3.63) is 91.8 Å². The number of methoxy groups -OCH3 is 1. The zero-order valence-corrected chi connectivity index (χ0v) is 21.9. The molecule has 1 aliphatic rings. The van der Waals surface area contributed by atoms with E-state index in [1.54, 1.807) is 7.11 Å². The number of anilines is 1. The lowest BCUT2D eigenvalue weighted by molar-refractivity contribution is -0.116. The number of amides is 1. The molecule has 8 heteroatoms. The Labute approximate surface area is 217 Å². The van der Waals surface area contributed by atoms with Gasteiger partial charge in [0.1, 0.15) is 6.61 Å². The molecule has 2 N–H and O–H groups in total. The third-order valence-electron chi connectivity index (χ3n) is 5.24. The number of hydrogen-bond acceptors (Lipinski definition) is 5. The molecule has 5 nitrogen and oxygen atoms in total. The predicted octanol–water partition coefficient (Wildman–Crippen LogP) is 6.85. The Bertz CT molecular complexity index is 1200. The minimum Gasteiger partial charge on any atom is -0.493 e. The van der Waals surface area contributed by atoms with Gasteiger partial charge in [-0.15, -0.1) is 0 Å². The van der Waals surface area contributed by atoms with E-state index in [4.69, 9.17) is 21.1 Å². The Morgan fingerprint density at radius 2 is 1.82 bits per heavy atom. The number of ether oxygens (including phenoxy) is 2. The molecule has 3 aromatic rings. The summed E-state index contributed by atoms with van der Waals surface area (Å²) in [5.41, 5.74) is 3.82. The summed E-state index contributed by atoms with van der Waals surface area (Å²) in [5, 5.41) is 6.99. The van der Waals surface area contributed by atoms with Gasteiger partial charge in [-0.1, -0.05) is 54.6 Å². The number of thioether (sulfide) groups is 1. The number of halogens is 2. The molecule has 0 unspecified atom stereocenters. The monoisotopic (exact) mass is 558 g/mol. The Balaban J connectivity index is 1.46. The fourth-order valence-electron chi connectivity index (χ4n) is 3.40. The first kappa shape index (κ1) is 24.5. The van der Waals surface area contributed by atoms with Crippen LogP contribution >= 0.6 is 39.3 Å². The van der Waals surface area contributed by atoms with Gasteiger partial charge in [0.25, 0.3) is 5.91 Å². The van der Waals surface area contributed by atoms with Crippen molar-refractivity contribution in [2.24, 2.45) is 0 Å².